The number of carbonyl (C=O) groups is 1. The van der Waals surface area contributed by atoms with E-state index in [-0.39, 0.29) is 5.91 Å². The minimum atomic E-state index is -0.263. The summed E-state index contributed by atoms with van der Waals surface area (Å²) in [4.78, 5) is 12.1. The topological polar surface area (TPSA) is 54.9 Å². The van der Waals surface area contributed by atoms with Crippen molar-refractivity contribution in [2.24, 2.45) is 0 Å². The summed E-state index contributed by atoms with van der Waals surface area (Å²) < 4.78 is 0.996. The van der Waals surface area contributed by atoms with Crippen LogP contribution in [0.1, 0.15) is 10.4 Å². The highest BCUT2D eigenvalue weighted by molar-refractivity contribution is 9.10. The molecule has 110 valence electrons. The average molecular weight is 395 g/mol. The minimum Gasteiger partial charge on any atom is -0.296 e. The highest BCUT2D eigenvalue weighted by atomic mass is 79.9. The summed E-state index contributed by atoms with van der Waals surface area (Å²) in [6.07, 6.45) is 0. The number of benzene rings is 2. The lowest BCUT2D eigenvalue weighted by molar-refractivity contribution is 0.102. The van der Waals surface area contributed by atoms with Gasteiger partial charge in [-0.3, -0.25) is 10.1 Å². The number of hydrogen-bond donors (Lipinski definition) is 1. The van der Waals surface area contributed by atoms with Crippen molar-refractivity contribution in [2.45, 2.75) is 0 Å². The summed E-state index contributed by atoms with van der Waals surface area (Å²) in [6.45, 7) is 0. The third-order valence-corrected chi connectivity index (χ3v) is 4.47. The van der Waals surface area contributed by atoms with Gasteiger partial charge in [-0.15, -0.1) is 10.2 Å². The molecule has 2 aromatic carbocycles. The molecule has 1 N–H and O–H groups in total. The van der Waals surface area contributed by atoms with Crippen LogP contribution in [0, 0.1) is 0 Å². The maximum atomic E-state index is 12.1. The van der Waals surface area contributed by atoms with E-state index >= 15 is 0 Å². The van der Waals surface area contributed by atoms with Gasteiger partial charge in [-0.1, -0.05) is 57.1 Å². The standard InChI is InChI=1S/C15H9BrClN3OS/c16-11-6-4-9(5-7-11)14-19-20-15(22-14)18-13(21)10-2-1-3-12(17)8-10/h1-8H,(H,18,20,21). The normalized spacial score (nSPS) is 10.5. The lowest BCUT2D eigenvalue weighted by atomic mass is 10.2. The number of nitrogens with one attached hydrogen (secondary N) is 1. The van der Waals surface area contributed by atoms with Crippen molar-refractivity contribution in [1.82, 2.24) is 10.2 Å². The molecule has 0 atom stereocenters. The molecule has 1 heterocycles. The number of hydrogen-bond acceptors (Lipinski definition) is 4. The van der Waals surface area contributed by atoms with E-state index in [1.54, 1.807) is 24.3 Å². The van der Waals surface area contributed by atoms with E-state index in [0.717, 1.165) is 15.0 Å². The van der Waals surface area contributed by atoms with E-state index < -0.39 is 0 Å². The van der Waals surface area contributed by atoms with E-state index in [1.165, 1.54) is 11.3 Å². The Labute approximate surface area is 144 Å². The van der Waals surface area contributed by atoms with Gasteiger partial charge in [-0.05, 0) is 30.3 Å². The van der Waals surface area contributed by atoms with Crippen molar-refractivity contribution >= 4 is 49.9 Å². The van der Waals surface area contributed by atoms with Crippen molar-refractivity contribution in [3.05, 3.63) is 63.6 Å². The molecule has 22 heavy (non-hydrogen) atoms. The van der Waals surface area contributed by atoms with Gasteiger partial charge in [0, 0.05) is 20.6 Å². The average Bonchev–Trinajstić information content (AvgIpc) is 2.96. The van der Waals surface area contributed by atoms with Crippen LogP contribution < -0.4 is 5.32 Å². The van der Waals surface area contributed by atoms with E-state index in [4.69, 9.17) is 11.6 Å². The minimum absolute atomic E-state index is 0.263. The molecule has 0 spiro atoms. The molecule has 1 amide bonds. The van der Waals surface area contributed by atoms with Gasteiger partial charge in [0.25, 0.3) is 5.91 Å². The van der Waals surface area contributed by atoms with Crippen LogP contribution in [-0.2, 0) is 0 Å². The van der Waals surface area contributed by atoms with E-state index in [2.05, 4.69) is 31.4 Å². The predicted molar refractivity (Wildman–Crippen MR) is 92.5 cm³/mol. The van der Waals surface area contributed by atoms with E-state index in [9.17, 15) is 4.79 Å². The smallest absolute Gasteiger partial charge is 0.257 e. The zero-order chi connectivity index (χ0) is 15.5. The zero-order valence-electron chi connectivity index (χ0n) is 11.1. The van der Waals surface area contributed by atoms with Crippen LogP contribution in [0.15, 0.2) is 53.0 Å². The van der Waals surface area contributed by atoms with Gasteiger partial charge in [0.15, 0.2) is 0 Å². The molecule has 4 nitrogen and oxygen atoms in total. The second-order valence-electron chi connectivity index (χ2n) is 4.38. The first-order chi connectivity index (χ1) is 10.6. The van der Waals surface area contributed by atoms with Gasteiger partial charge in [0.1, 0.15) is 5.01 Å². The number of nitrogens with zero attached hydrogens (tertiary/aromatic N) is 2. The van der Waals surface area contributed by atoms with E-state index in [1.807, 2.05) is 24.3 Å². The molecule has 7 heteroatoms. The third-order valence-electron chi connectivity index (χ3n) is 2.82. The highest BCUT2D eigenvalue weighted by Gasteiger charge is 2.11. The Bertz CT molecular complexity index is 820. The fourth-order valence-corrected chi connectivity index (χ4v) is 2.98. The van der Waals surface area contributed by atoms with Crippen LogP contribution >= 0.6 is 38.9 Å². The van der Waals surface area contributed by atoms with Crippen LogP contribution in [0.25, 0.3) is 10.6 Å². The molecular formula is C15H9BrClN3OS. The lowest BCUT2D eigenvalue weighted by Crippen LogP contribution is -2.11. The van der Waals surface area contributed by atoms with Gasteiger partial charge in [0.05, 0.1) is 0 Å². The van der Waals surface area contributed by atoms with Crippen LogP contribution in [0.5, 0.6) is 0 Å². The molecule has 0 saturated heterocycles. The Morgan fingerprint density at radius 3 is 2.64 bits per heavy atom. The lowest BCUT2D eigenvalue weighted by Gasteiger charge is -2.01. The van der Waals surface area contributed by atoms with Gasteiger partial charge in [-0.25, -0.2) is 0 Å². The van der Waals surface area contributed by atoms with Gasteiger partial charge in [-0.2, -0.15) is 0 Å². The molecule has 0 unspecified atom stereocenters. The second kappa shape index (κ2) is 6.56. The summed E-state index contributed by atoms with van der Waals surface area (Å²) in [6, 6.07) is 14.5. The summed E-state index contributed by atoms with van der Waals surface area (Å²) in [5.74, 6) is -0.263. The number of halogens is 2. The first-order valence-electron chi connectivity index (χ1n) is 6.28. The Hall–Kier alpha value is -1.76. The Kier molecular flexibility index (Phi) is 4.52. The number of carbonyl (C=O) groups excluding carboxylic acids is 1. The van der Waals surface area contributed by atoms with Crippen LogP contribution in [0.4, 0.5) is 5.13 Å². The number of aromatic nitrogens is 2. The van der Waals surface area contributed by atoms with Gasteiger partial charge in [0.2, 0.25) is 5.13 Å². The molecule has 0 aliphatic rings. The Balaban J connectivity index is 1.77. The largest absolute Gasteiger partial charge is 0.296 e. The molecule has 0 aliphatic carbocycles. The maximum absolute atomic E-state index is 12.1. The predicted octanol–water partition coefficient (Wildman–Crippen LogP) is 4.87. The molecule has 3 aromatic rings. The summed E-state index contributed by atoms with van der Waals surface area (Å²) in [5, 5.41) is 12.5. The van der Waals surface area contributed by atoms with Crippen molar-refractivity contribution in [2.75, 3.05) is 5.32 Å². The Morgan fingerprint density at radius 1 is 1.14 bits per heavy atom. The van der Waals surface area contributed by atoms with Crippen LogP contribution in [-0.4, -0.2) is 16.1 Å². The molecule has 0 bridgehead atoms. The Morgan fingerprint density at radius 2 is 1.91 bits per heavy atom. The van der Waals surface area contributed by atoms with E-state index in [0.29, 0.717) is 15.7 Å². The number of rotatable bonds is 3. The quantitative estimate of drug-likeness (QED) is 0.689. The fraction of sp³-hybridized carbons (Fsp3) is 0. The molecule has 0 fully saturated rings. The molecule has 1 aromatic heterocycles. The van der Waals surface area contributed by atoms with Crippen LogP contribution in [0.2, 0.25) is 5.02 Å². The molecule has 0 radical (unpaired) electrons. The molecule has 0 aliphatic heterocycles. The summed E-state index contributed by atoms with van der Waals surface area (Å²) in [7, 11) is 0. The first kappa shape index (κ1) is 15.1. The first-order valence-corrected chi connectivity index (χ1v) is 8.27. The maximum Gasteiger partial charge on any atom is 0.257 e. The SMILES string of the molecule is O=C(Nc1nnc(-c2ccc(Br)cc2)s1)c1cccc(Cl)c1. The second-order valence-corrected chi connectivity index (χ2v) is 6.71. The van der Waals surface area contributed by atoms with Crippen molar-refractivity contribution < 1.29 is 4.79 Å². The molecule has 3 rings (SSSR count). The van der Waals surface area contributed by atoms with Crippen molar-refractivity contribution in [3.8, 4) is 10.6 Å². The summed E-state index contributed by atoms with van der Waals surface area (Å²) >= 11 is 10.6. The number of amides is 1. The van der Waals surface area contributed by atoms with Gasteiger partial charge >= 0.3 is 0 Å². The zero-order valence-corrected chi connectivity index (χ0v) is 14.2. The van der Waals surface area contributed by atoms with Crippen molar-refractivity contribution in [1.29, 1.82) is 0 Å². The molecular weight excluding hydrogens is 386 g/mol. The highest BCUT2D eigenvalue weighted by Crippen LogP contribution is 2.27. The molecule has 0 saturated carbocycles. The van der Waals surface area contributed by atoms with Crippen LogP contribution in [0.3, 0.4) is 0 Å². The monoisotopic (exact) mass is 393 g/mol. The third kappa shape index (κ3) is 3.52. The van der Waals surface area contributed by atoms with Crippen molar-refractivity contribution in [3.63, 3.8) is 0 Å². The fourth-order valence-electron chi connectivity index (χ4n) is 1.78. The van der Waals surface area contributed by atoms with Gasteiger partial charge < -0.3 is 0 Å². The summed E-state index contributed by atoms with van der Waals surface area (Å²) in [5.41, 5.74) is 1.43. The number of anilines is 1.